The Kier molecular flexibility index (Phi) is 7.47. The third-order valence-corrected chi connectivity index (χ3v) is 6.46. The number of alkyl carbamates (subject to hydrolysis) is 1. The Hall–Kier alpha value is -2.40. The van der Waals surface area contributed by atoms with Gasteiger partial charge in [-0.05, 0) is 68.2 Å². The van der Waals surface area contributed by atoms with Crippen molar-refractivity contribution in [3.63, 3.8) is 0 Å². The quantitative estimate of drug-likeness (QED) is 0.599. The van der Waals surface area contributed by atoms with Crippen molar-refractivity contribution in [3.8, 4) is 0 Å². The van der Waals surface area contributed by atoms with Gasteiger partial charge in [-0.25, -0.2) is 14.8 Å². The van der Waals surface area contributed by atoms with E-state index in [2.05, 4.69) is 25.5 Å². The van der Waals surface area contributed by atoms with E-state index >= 15 is 0 Å². The lowest BCUT2D eigenvalue weighted by molar-refractivity contribution is -0.122. The highest BCUT2D eigenvalue weighted by Gasteiger charge is 2.52. The van der Waals surface area contributed by atoms with Crippen LogP contribution in [-0.4, -0.2) is 71.1 Å². The normalized spacial score (nSPS) is 22.4. The van der Waals surface area contributed by atoms with Crippen LogP contribution in [0.5, 0.6) is 0 Å². The molecule has 2 amide bonds. The molecule has 34 heavy (non-hydrogen) atoms. The van der Waals surface area contributed by atoms with Gasteiger partial charge in [-0.15, -0.1) is 0 Å². The molecular formula is C23H38BN5O5. The van der Waals surface area contributed by atoms with E-state index in [-0.39, 0.29) is 11.9 Å². The van der Waals surface area contributed by atoms with Gasteiger partial charge in [0.25, 0.3) is 0 Å². The summed E-state index contributed by atoms with van der Waals surface area (Å²) in [5.74, 6) is 0.340. The maximum atomic E-state index is 12.5. The van der Waals surface area contributed by atoms with Gasteiger partial charge >= 0.3 is 13.2 Å². The monoisotopic (exact) mass is 475 g/mol. The molecule has 11 heteroatoms. The molecule has 0 bridgehead atoms. The van der Waals surface area contributed by atoms with Crippen LogP contribution < -0.4 is 21.0 Å². The van der Waals surface area contributed by atoms with E-state index in [1.807, 2.05) is 27.7 Å². The van der Waals surface area contributed by atoms with E-state index in [0.717, 1.165) is 24.8 Å². The third kappa shape index (κ3) is 6.18. The summed E-state index contributed by atoms with van der Waals surface area (Å²) in [6, 6.07) is -0.638. The standard InChI is InChI=1S/C23H38BN5O5/c1-15(28-20(31)32-21(2,3)4)18(30)25-14-17-10-9-11-29(17)19-26-12-16(13-27-19)24-33-22(5,6)23(7,8)34-24/h12-13,15,17H,9-11,14H2,1-8H3,(H,25,30)(H,28,31)/t15-,17+/m0/s1. The van der Waals surface area contributed by atoms with E-state index in [0.29, 0.717) is 12.5 Å². The molecule has 0 aromatic carbocycles. The van der Waals surface area contributed by atoms with Gasteiger partial charge in [-0.1, -0.05) is 0 Å². The molecule has 3 heterocycles. The second kappa shape index (κ2) is 9.69. The predicted molar refractivity (Wildman–Crippen MR) is 130 cm³/mol. The van der Waals surface area contributed by atoms with E-state index < -0.39 is 36.1 Å². The van der Waals surface area contributed by atoms with Crippen LogP contribution in [0.3, 0.4) is 0 Å². The summed E-state index contributed by atoms with van der Waals surface area (Å²) in [6.07, 6.45) is 4.76. The lowest BCUT2D eigenvalue weighted by atomic mass is 9.81. The largest absolute Gasteiger partial charge is 0.498 e. The molecular weight excluding hydrogens is 437 g/mol. The van der Waals surface area contributed by atoms with Crippen LogP contribution in [0.4, 0.5) is 10.7 Å². The summed E-state index contributed by atoms with van der Waals surface area (Å²) < 4.78 is 17.4. The zero-order valence-electron chi connectivity index (χ0n) is 21.6. The van der Waals surface area contributed by atoms with Gasteiger partial charge in [0, 0.05) is 37.0 Å². The fourth-order valence-electron chi connectivity index (χ4n) is 3.81. The van der Waals surface area contributed by atoms with Crippen LogP contribution in [0.15, 0.2) is 12.4 Å². The first-order valence-electron chi connectivity index (χ1n) is 11.9. The topological polar surface area (TPSA) is 115 Å². The molecule has 2 aliphatic heterocycles. The highest BCUT2D eigenvalue weighted by molar-refractivity contribution is 6.61. The van der Waals surface area contributed by atoms with Crippen LogP contribution in [0.25, 0.3) is 0 Å². The molecule has 0 unspecified atom stereocenters. The molecule has 1 aromatic heterocycles. The van der Waals surface area contributed by atoms with Crippen LogP contribution >= 0.6 is 0 Å². The summed E-state index contributed by atoms with van der Waals surface area (Å²) in [5, 5.41) is 5.48. The van der Waals surface area contributed by atoms with Crippen molar-refractivity contribution in [2.75, 3.05) is 18.0 Å². The molecule has 0 spiro atoms. The highest BCUT2D eigenvalue weighted by atomic mass is 16.7. The third-order valence-electron chi connectivity index (χ3n) is 6.46. The van der Waals surface area contributed by atoms with Gasteiger partial charge in [0.05, 0.1) is 11.2 Å². The van der Waals surface area contributed by atoms with Crippen LogP contribution in [0.1, 0.15) is 68.2 Å². The Bertz CT molecular complexity index is 871. The Labute approximate surface area is 202 Å². The van der Waals surface area contributed by atoms with Crippen molar-refractivity contribution < 1.29 is 23.6 Å². The Morgan fingerprint density at radius 3 is 2.35 bits per heavy atom. The number of nitrogens with zero attached hydrogens (tertiary/aromatic N) is 3. The van der Waals surface area contributed by atoms with E-state index in [4.69, 9.17) is 14.0 Å². The lowest BCUT2D eigenvalue weighted by Gasteiger charge is -2.32. The van der Waals surface area contributed by atoms with Crippen molar-refractivity contribution in [2.24, 2.45) is 0 Å². The maximum absolute atomic E-state index is 12.5. The van der Waals surface area contributed by atoms with Crippen LogP contribution in [0, 0.1) is 0 Å². The van der Waals surface area contributed by atoms with Crippen molar-refractivity contribution >= 4 is 30.5 Å². The van der Waals surface area contributed by atoms with Crippen molar-refractivity contribution in [1.29, 1.82) is 0 Å². The summed E-state index contributed by atoms with van der Waals surface area (Å²) in [4.78, 5) is 35.6. The number of carbonyl (C=O) groups is 2. The zero-order chi connectivity index (χ0) is 25.3. The van der Waals surface area contributed by atoms with Gasteiger partial charge in [-0.3, -0.25) is 4.79 Å². The van der Waals surface area contributed by atoms with Crippen molar-refractivity contribution in [2.45, 2.75) is 97.1 Å². The Morgan fingerprint density at radius 1 is 1.21 bits per heavy atom. The fourth-order valence-corrected chi connectivity index (χ4v) is 3.81. The minimum Gasteiger partial charge on any atom is -0.444 e. The second-order valence-corrected chi connectivity index (χ2v) is 11.0. The Balaban J connectivity index is 1.54. The number of hydrogen-bond donors (Lipinski definition) is 2. The summed E-state index contributed by atoms with van der Waals surface area (Å²) in [6.45, 7) is 16.2. The van der Waals surface area contributed by atoms with Crippen molar-refractivity contribution in [1.82, 2.24) is 20.6 Å². The molecule has 3 rings (SSSR count). The molecule has 2 N–H and O–H groups in total. The van der Waals surface area contributed by atoms with Crippen LogP contribution in [0.2, 0.25) is 0 Å². The zero-order valence-corrected chi connectivity index (χ0v) is 21.6. The molecule has 10 nitrogen and oxygen atoms in total. The molecule has 0 saturated carbocycles. The molecule has 188 valence electrons. The first-order chi connectivity index (χ1) is 15.7. The van der Waals surface area contributed by atoms with Gasteiger partial charge in [0.2, 0.25) is 11.9 Å². The number of rotatable bonds is 6. The summed E-state index contributed by atoms with van der Waals surface area (Å²) in [7, 11) is -0.508. The Morgan fingerprint density at radius 2 is 1.79 bits per heavy atom. The molecule has 2 saturated heterocycles. The molecule has 2 atom stereocenters. The predicted octanol–water partition coefficient (Wildman–Crippen LogP) is 1.77. The van der Waals surface area contributed by atoms with Crippen LogP contribution in [-0.2, 0) is 18.8 Å². The van der Waals surface area contributed by atoms with Crippen molar-refractivity contribution in [3.05, 3.63) is 12.4 Å². The van der Waals surface area contributed by atoms with E-state index in [1.54, 1.807) is 40.1 Å². The number of ether oxygens (including phenoxy) is 1. The van der Waals surface area contributed by atoms with Gasteiger partial charge in [0.1, 0.15) is 11.6 Å². The number of carbonyl (C=O) groups excluding carboxylic acids is 2. The summed E-state index contributed by atoms with van der Waals surface area (Å²) >= 11 is 0. The molecule has 2 aliphatic rings. The SMILES string of the molecule is C[C@H](NC(=O)OC(C)(C)C)C(=O)NC[C@H]1CCCN1c1ncc(B2OC(C)(C)C(C)(C)O2)cn1. The molecule has 0 aliphatic carbocycles. The molecule has 1 aromatic rings. The number of nitrogens with one attached hydrogen (secondary N) is 2. The van der Waals surface area contributed by atoms with E-state index in [1.165, 1.54) is 0 Å². The smallest absolute Gasteiger partial charge is 0.444 e. The molecule has 0 radical (unpaired) electrons. The highest BCUT2D eigenvalue weighted by Crippen LogP contribution is 2.36. The number of hydrogen-bond acceptors (Lipinski definition) is 8. The molecule has 2 fully saturated rings. The average Bonchev–Trinajstić information content (AvgIpc) is 3.26. The van der Waals surface area contributed by atoms with E-state index in [9.17, 15) is 9.59 Å². The number of anilines is 1. The number of amides is 2. The summed E-state index contributed by atoms with van der Waals surface area (Å²) in [5.41, 5.74) is -0.704. The van der Waals surface area contributed by atoms with Gasteiger partial charge in [0.15, 0.2) is 0 Å². The lowest BCUT2D eigenvalue weighted by Crippen LogP contribution is -2.49. The van der Waals surface area contributed by atoms with Gasteiger partial charge < -0.3 is 29.6 Å². The first-order valence-corrected chi connectivity index (χ1v) is 11.9. The fraction of sp³-hybridized carbons (Fsp3) is 0.739. The first kappa shape index (κ1) is 26.2. The van der Waals surface area contributed by atoms with Gasteiger partial charge in [-0.2, -0.15) is 0 Å². The maximum Gasteiger partial charge on any atom is 0.498 e. The minimum absolute atomic E-state index is 0.0698. The minimum atomic E-state index is -0.708. The second-order valence-electron chi connectivity index (χ2n) is 11.0. The average molecular weight is 475 g/mol. The number of aromatic nitrogens is 2.